The van der Waals surface area contributed by atoms with Crippen LogP contribution < -0.4 is 0 Å². The highest BCUT2D eigenvalue weighted by molar-refractivity contribution is 6.30. The first-order chi connectivity index (χ1) is 10.8. The van der Waals surface area contributed by atoms with Gasteiger partial charge in [-0.1, -0.05) is 11.6 Å². The summed E-state index contributed by atoms with van der Waals surface area (Å²) in [6.45, 7) is 1.65. The fourth-order valence-corrected chi connectivity index (χ4v) is 3.24. The Morgan fingerprint density at radius 1 is 1.14 bits per heavy atom. The number of benzene rings is 1. The van der Waals surface area contributed by atoms with Gasteiger partial charge in [0.1, 0.15) is 6.33 Å². The van der Waals surface area contributed by atoms with E-state index < -0.39 is 0 Å². The maximum atomic E-state index is 6.00. The summed E-state index contributed by atoms with van der Waals surface area (Å²) in [4.78, 5) is 8.71. The predicted octanol–water partition coefficient (Wildman–Crippen LogP) is 3.97. The minimum absolute atomic E-state index is 0.500. The van der Waals surface area contributed by atoms with Crippen LogP contribution in [0.1, 0.15) is 24.3 Å². The van der Waals surface area contributed by atoms with Gasteiger partial charge in [0.05, 0.1) is 17.2 Å². The molecule has 4 rings (SSSR count). The summed E-state index contributed by atoms with van der Waals surface area (Å²) in [6, 6.07) is 7.84. The van der Waals surface area contributed by atoms with Crippen LogP contribution in [0.2, 0.25) is 5.02 Å². The van der Waals surface area contributed by atoms with Crippen LogP contribution >= 0.6 is 11.6 Å². The van der Waals surface area contributed by atoms with E-state index in [1.54, 1.807) is 6.33 Å². The van der Waals surface area contributed by atoms with Gasteiger partial charge in [-0.25, -0.2) is 9.97 Å². The van der Waals surface area contributed by atoms with E-state index in [1.807, 2.05) is 30.5 Å². The zero-order chi connectivity index (χ0) is 14.9. The van der Waals surface area contributed by atoms with Gasteiger partial charge in [-0.3, -0.25) is 0 Å². The molecule has 1 aliphatic heterocycles. The zero-order valence-corrected chi connectivity index (χ0v) is 12.8. The summed E-state index contributed by atoms with van der Waals surface area (Å²) < 4.78 is 7.63. The molecule has 3 heterocycles. The molecule has 0 unspecified atom stereocenters. The fourth-order valence-electron chi connectivity index (χ4n) is 3.11. The van der Waals surface area contributed by atoms with Crippen LogP contribution in [0, 0.1) is 0 Å². The Morgan fingerprint density at radius 3 is 2.68 bits per heavy atom. The third-order valence-corrected chi connectivity index (χ3v) is 4.51. The van der Waals surface area contributed by atoms with Gasteiger partial charge in [0.2, 0.25) is 0 Å². The van der Waals surface area contributed by atoms with Crippen molar-refractivity contribution in [3.05, 3.63) is 53.6 Å². The predicted molar refractivity (Wildman–Crippen MR) is 86.7 cm³/mol. The molecule has 1 aromatic carbocycles. The first-order valence-electron chi connectivity index (χ1n) is 7.47. The third-order valence-electron chi connectivity index (χ3n) is 4.26. The smallest absolute Gasteiger partial charge is 0.116 e. The number of aromatic nitrogens is 3. The van der Waals surface area contributed by atoms with Gasteiger partial charge in [0.25, 0.3) is 0 Å². The average Bonchev–Trinajstić information content (AvgIpc) is 2.96. The van der Waals surface area contributed by atoms with Gasteiger partial charge in [0, 0.05) is 30.1 Å². The second-order valence-corrected chi connectivity index (χ2v) is 6.01. The SMILES string of the molecule is Clc1ccc(-n2cc(C3CCOCC3)c3ncncc32)cc1. The molecule has 0 atom stereocenters. The minimum Gasteiger partial charge on any atom is -0.381 e. The zero-order valence-electron chi connectivity index (χ0n) is 12.1. The number of hydrogen-bond acceptors (Lipinski definition) is 3. The lowest BCUT2D eigenvalue weighted by Gasteiger charge is -2.21. The van der Waals surface area contributed by atoms with E-state index in [0.29, 0.717) is 5.92 Å². The van der Waals surface area contributed by atoms with Crippen molar-refractivity contribution in [3.8, 4) is 5.69 Å². The average molecular weight is 314 g/mol. The van der Waals surface area contributed by atoms with Crippen LogP contribution in [-0.4, -0.2) is 27.7 Å². The number of halogens is 1. The molecule has 5 heteroatoms. The lowest BCUT2D eigenvalue weighted by atomic mass is 9.93. The van der Waals surface area contributed by atoms with Crippen molar-refractivity contribution in [3.63, 3.8) is 0 Å². The molecular formula is C17H16ClN3O. The quantitative estimate of drug-likeness (QED) is 0.718. The van der Waals surface area contributed by atoms with Crippen LogP contribution in [0.25, 0.3) is 16.7 Å². The van der Waals surface area contributed by atoms with Crippen molar-refractivity contribution in [2.24, 2.45) is 0 Å². The molecule has 1 aliphatic rings. The molecule has 4 nitrogen and oxygen atoms in total. The molecule has 0 amide bonds. The molecule has 0 spiro atoms. The van der Waals surface area contributed by atoms with E-state index in [1.165, 1.54) is 5.56 Å². The van der Waals surface area contributed by atoms with Gasteiger partial charge in [0.15, 0.2) is 0 Å². The fraction of sp³-hybridized carbons (Fsp3) is 0.294. The Morgan fingerprint density at radius 2 is 1.91 bits per heavy atom. The van der Waals surface area contributed by atoms with Crippen molar-refractivity contribution in [2.75, 3.05) is 13.2 Å². The van der Waals surface area contributed by atoms with E-state index in [0.717, 1.165) is 47.8 Å². The molecule has 0 N–H and O–H groups in total. The second kappa shape index (κ2) is 5.71. The molecule has 1 fully saturated rings. The molecular weight excluding hydrogens is 298 g/mol. The molecule has 0 bridgehead atoms. The van der Waals surface area contributed by atoms with Gasteiger partial charge in [-0.15, -0.1) is 0 Å². The highest BCUT2D eigenvalue weighted by Crippen LogP contribution is 2.33. The number of rotatable bonds is 2. The van der Waals surface area contributed by atoms with Gasteiger partial charge in [-0.05, 0) is 48.6 Å². The maximum Gasteiger partial charge on any atom is 0.116 e. The number of nitrogens with zero attached hydrogens (tertiary/aromatic N) is 3. The van der Waals surface area contributed by atoms with E-state index in [2.05, 4.69) is 20.7 Å². The molecule has 2 aromatic heterocycles. The monoisotopic (exact) mass is 313 g/mol. The lowest BCUT2D eigenvalue weighted by molar-refractivity contribution is 0.0855. The van der Waals surface area contributed by atoms with Crippen LogP contribution in [0.4, 0.5) is 0 Å². The first-order valence-corrected chi connectivity index (χ1v) is 7.85. The number of hydrogen-bond donors (Lipinski definition) is 0. The van der Waals surface area contributed by atoms with E-state index in [4.69, 9.17) is 16.3 Å². The Kier molecular flexibility index (Phi) is 3.56. The van der Waals surface area contributed by atoms with E-state index in [-0.39, 0.29) is 0 Å². The second-order valence-electron chi connectivity index (χ2n) is 5.57. The highest BCUT2D eigenvalue weighted by atomic mass is 35.5. The molecule has 22 heavy (non-hydrogen) atoms. The summed E-state index contributed by atoms with van der Waals surface area (Å²) in [7, 11) is 0. The summed E-state index contributed by atoms with van der Waals surface area (Å²) in [6.07, 6.45) is 7.78. The third kappa shape index (κ3) is 2.38. The molecule has 0 aliphatic carbocycles. The molecule has 3 aromatic rings. The molecule has 0 radical (unpaired) electrons. The summed E-state index contributed by atoms with van der Waals surface area (Å²) in [5, 5.41) is 0.737. The normalized spacial score (nSPS) is 16.2. The molecule has 112 valence electrons. The number of ether oxygens (including phenoxy) is 1. The topological polar surface area (TPSA) is 39.9 Å². The highest BCUT2D eigenvalue weighted by Gasteiger charge is 2.22. The van der Waals surface area contributed by atoms with Crippen LogP contribution in [-0.2, 0) is 4.74 Å². The van der Waals surface area contributed by atoms with Crippen LogP contribution in [0.5, 0.6) is 0 Å². The maximum absolute atomic E-state index is 6.00. The Hall–Kier alpha value is -1.91. The van der Waals surface area contributed by atoms with Crippen molar-refractivity contribution < 1.29 is 4.74 Å². The van der Waals surface area contributed by atoms with Gasteiger partial charge in [-0.2, -0.15) is 0 Å². The van der Waals surface area contributed by atoms with Crippen molar-refractivity contribution in [1.29, 1.82) is 0 Å². The first kappa shape index (κ1) is 13.7. The van der Waals surface area contributed by atoms with Crippen molar-refractivity contribution >= 4 is 22.6 Å². The van der Waals surface area contributed by atoms with Gasteiger partial charge < -0.3 is 9.30 Å². The minimum atomic E-state index is 0.500. The standard InChI is InChI=1S/C17H16ClN3O/c18-13-1-3-14(4-2-13)21-10-15(12-5-7-22-8-6-12)17-16(21)9-19-11-20-17/h1-4,9-12H,5-8H2. The van der Waals surface area contributed by atoms with Gasteiger partial charge >= 0.3 is 0 Å². The molecule has 0 saturated carbocycles. The van der Waals surface area contributed by atoms with E-state index in [9.17, 15) is 0 Å². The molecule has 1 saturated heterocycles. The van der Waals surface area contributed by atoms with E-state index >= 15 is 0 Å². The number of fused-ring (bicyclic) bond motifs is 1. The largest absolute Gasteiger partial charge is 0.381 e. The van der Waals surface area contributed by atoms with Crippen molar-refractivity contribution in [2.45, 2.75) is 18.8 Å². The summed E-state index contributed by atoms with van der Waals surface area (Å²) in [5.74, 6) is 0.500. The van der Waals surface area contributed by atoms with Crippen LogP contribution in [0.15, 0.2) is 43.0 Å². The Balaban J connectivity index is 1.86. The Bertz CT molecular complexity index is 791. The summed E-state index contributed by atoms with van der Waals surface area (Å²) in [5.41, 5.74) is 4.43. The van der Waals surface area contributed by atoms with Crippen LogP contribution in [0.3, 0.4) is 0 Å². The summed E-state index contributed by atoms with van der Waals surface area (Å²) >= 11 is 6.00. The lowest BCUT2D eigenvalue weighted by Crippen LogP contribution is -2.13. The van der Waals surface area contributed by atoms with Crippen molar-refractivity contribution in [1.82, 2.24) is 14.5 Å². The Labute approximate surface area is 133 Å².